The van der Waals surface area contributed by atoms with Crippen molar-refractivity contribution in [1.29, 1.82) is 0 Å². The highest BCUT2D eigenvalue weighted by Crippen LogP contribution is 2.42. The second kappa shape index (κ2) is 12.9. The molecule has 0 amide bonds. The van der Waals surface area contributed by atoms with Gasteiger partial charge in [-0.05, 0) is 91.8 Å². The number of hydrogen-bond acceptors (Lipinski definition) is 3. The number of benzene rings is 9. The van der Waals surface area contributed by atoms with Crippen LogP contribution in [0.2, 0.25) is 0 Å². The predicted molar refractivity (Wildman–Crippen MR) is 233 cm³/mol. The first-order chi connectivity index (χ1) is 27.7. The summed E-state index contributed by atoms with van der Waals surface area (Å²) in [5.74, 6) is 1.84. The van der Waals surface area contributed by atoms with Gasteiger partial charge in [0.05, 0.1) is 11.0 Å². The van der Waals surface area contributed by atoms with Gasteiger partial charge in [-0.2, -0.15) is 9.97 Å². The van der Waals surface area contributed by atoms with Crippen molar-refractivity contribution in [3.8, 4) is 51.0 Å². The summed E-state index contributed by atoms with van der Waals surface area (Å²) in [5, 5.41) is 9.62. The van der Waals surface area contributed by atoms with Crippen LogP contribution < -0.4 is 0 Å². The van der Waals surface area contributed by atoms with E-state index in [1.54, 1.807) is 0 Å². The zero-order chi connectivity index (χ0) is 37.2. The van der Waals surface area contributed by atoms with Gasteiger partial charge in [0.15, 0.2) is 11.6 Å². The number of nitrogens with zero attached hydrogens (tertiary/aromatic N) is 4. The van der Waals surface area contributed by atoms with Crippen molar-refractivity contribution in [3.63, 3.8) is 0 Å². The SMILES string of the molecule is Cc1ccc(-c2ccc3c4ccccc4c4cc5c6cc(-c7ccccc7)ccc6n(-c6nc(-c7ccccc7)nc(-c7ccccc7)n6)c5cc4c3c2)cc1. The average Bonchev–Trinajstić information content (AvgIpc) is 3.59. The maximum absolute atomic E-state index is 5.25. The topological polar surface area (TPSA) is 43.6 Å². The van der Waals surface area contributed by atoms with Gasteiger partial charge < -0.3 is 0 Å². The summed E-state index contributed by atoms with van der Waals surface area (Å²) in [6, 6.07) is 67.0. The second-order valence-electron chi connectivity index (χ2n) is 14.5. The fourth-order valence-electron chi connectivity index (χ4n) is 8.31. The first-order valence-corrected chi connectivity index (χ1v) is 19.0. The third kappa shape index (κ3) is 5.26. The van der Waals surface area contributed by atoms with Gasteiger partial charge in [-0.3, -0.25) is 4.57 Å². The van der Waals surface area contributed by atoms with Crippen LogP contribution in [-0.4, -0.2) is 19.5 Å². The van der Waals surface area contributed by atoms with Crippen LogP contribution in [0.4, 0.5) is 0 Å². The van der Waals surface area contributed by atoms with E-state index in [0.717, 1.165) is 38.5 Å². The molecule has 0 spiro atoms. The van der Waals surface area contributed by atoms with Crippen molar-refractivity contribution < 1.29 is 0 Å². The molecule has 0 aliphatic carbocycles. The summed E-state index contributed by atoms with van der Waals surface area (Å²) in [7, 11) is 0. The zero-order valence-corrected chi connectivity index (χ0v) is 30.7. The van der Waals surface area contributed by atoms with E-state index in [2.05, 4.69) is 163 Å². The molecule has 0 fully saturated rings. The van der Waals surface area contributed by atoms with Crippen LogP contribution in [0.3, 0.4) is 0 Å². The lowest BCUT2D eigenvalue weighted by Gasteiger charge is -2.14. The maximum Gasteiger partial charge on any atom is 0.238 e. The molecule has 0 N–H and O–H groups in total. The van der Waals surface area contributed by atoms with E-state index in [4.69, 9.17) is 15.0 Å². The van der Waals surface area contributed by atoms with Gasteiger partial charge in [0, 0.05) is 21.9 Å². The van der Waals surface area contributed by atoms with E-state index in [1.807, 2.05) is 36.4 Å². The Labute approximate surface area is 324 Å². The molecular formula is C52H34N4. The first-order valence-electron chi connectivity index (χ1n) is 19.0. The summed E-state index contributed by atoms with van der Waals surface area (Å²) < 4.78 is 2.24. The Morgan fingerprint density at radius 3 is 1.39 bits per heavy atom. The van der Waals surface area contributed by atoms with E-state index >= 15 is 0 Å². The van der Waals surface area contributed by atoms with Crippen LogP contribution in [0.1, 0.15) is 5.56 Å². The maximum atomic E-state index is 5.25. The van der Waals surface area contributed by atoms with E-state index in [1.165, 1.54) is 54.6 Å². The lowest BCUT2D eigenvalue weighted by atomic mass is 9.91. The molecule has 0 saturated heterocycles. The molecule has 0 radical (unpaired) electrons. The average molecular weight is 715 g/mol. The number of fused-ring (bicyclic) bond motifs is 9. The highest BCUT2D eigenvalue weighted by molar-refractivity contribution is 6.29. The zero-order valence-electron chi connectivity index (χ0n) is 30.7. The second-order valence-corrected chi connectivity index (χ2v) is 14.5. The standard InChI is InChI=1S/C52H34N4/c1-33-21-23-35(24-22-33)38-25-27-42-40-19-11-12-20-41(40)44-31-47-46-30-39(34-13-5-2-6-14-34)26-28-48(46)56(49(47)32-45(44)43(42)29-38)52-54-50(36-15-7-3-8-16-36)53-51(55-52)37-17-9-4-10-18-37/h2-32H,1H3. The Bertz CT molecular complexity index is 3220. The summed E-state index contributed by atoms with van der Waals surface area (Å²) in [5.41, 5.74) is 9.93. The first kappa shape index (κ1) is 32.0. The van der Waals surface area contributed by atoms with Gasteiger partial charge in [0.2, 0.25) is 5.95 Å². The predicted octanol–water partition coefficient (Wildman–Crippen LogP) is 13.4. The van der Waals surface area contributed by atoms with E-state index in [9.17, 15) is 0 Å². The highest BCUT2D eigenvalue weighted by Gasteiger charge is 2.21. The Kier molecular flexibility index (Phi) is 7.36. The van der Waals surface area contributed by atoms with Crippen LogP contribution in [0.5, 0.6) is 0 Å². The third-order valence-electron chi connectivity index (χ3n) is 11.1. The van der Waals surface area contributed by atoms with Gasteiger partial charge >= 0.3 is 0 Å². The van der Waals surface area contributed by atoms with Crippen LogP contribution >= 0.6 is 0 Å². The molecule has 262 valence electrons. The highest BCUT2D eigenvalue weighted by atomic mass is 15.2. The molecule has 4 nitrogen and oxygen atoms in total. The molecule has 9 aromatic carbocycles. The Morgan fingerprint density at radius 1 is 0.304 bits per heavy atom. The monoisotopic (exact) mass is 714 g/mol. The molecule has 2 aromatic heterocycles. The summed E-state index contributed by atoms with van der Waals surface area (Å²) >= 11 is 0. The molecule has 0 atom stereocenters. The summed E-state index contributed by atoms with van der Waals surface area (Å²) in [6.45, 7) is 2.13. The van der Waals surface area contributed by atoms with Crippen molar-refractivity contribution >= 4 is 54.1 Å². The van der Waals surface area contributed by atoms with Gasteiger partial charge in [0.25, 0.3) is 0 Å². The van der Waals surface area contributed by atoms with Crippen molar-refractivity contribution in [2.45, 2.75) is 6.92 Å². The molecule has 0 aliphatic heterocycles. The minimum absolute atomic E-state index is 0.579. The summed E-state index contributed by atoms with van der Waals surface area (Å²) in [6.07, 6.45) is 0. The van der Waals surface area contributed by atoms with Crippen LogP contribution in [0.25, 0.3) is 105 Å². The van der Waals surface area contributed by atoms with Gasteiger partial charge in [-0.15, -0.1) is 0 Å². The minimum atomic E-state index is 0.579. The number of aromatic nitrogens is 4. The van der Waals surface area contributed by atoms with E-state index < -0.39 is 0 Å². The van der Waals surface area contributed by atoms with Gasteiger partial charge in [-0.25, -0.2) is 4.98 Å². The molecule has 56 heavy (non-hydrogen) atoms. The molecule has 0 bridgehead atoms. The molecule has 4 heteroatoms. The van der Waals surface area contributed by atoms with Gasteiger partial charge in [-0.1, -0.05) is 163 Å². The number of hydrogen-bond donors (Lipinski definition) is 0. The molecule has 2 heterocycles. The normalized spacial score (nSPS) is 11.7. The largest absolute Gasteiger partial charge is 0.278 e. The Hall–Kier alpha value is -7.43. The van der Waals surface area contributed by atoms with Crippen LogP contribution in [0.15, 0.2) is 188 Å². The third-order valence-corrected chi connectivity index (χ3v) is 11.1. The smallest absolute Gasteiger partial charge is 0.238 e. The van der Waals surface area contributed by atoms with Gasteiger partial charge in [0.1, 0.15) is 0 Å². The fraction of sp³-hybridized carbons (Fsp3) is 0.0192. The minimum Gasteiger partial charge on any atom is -0.278 e. The molecule has 0 aliphatic rings. The Balaban J connectivity index is 1.28. The lowest BCUT2D eigenvalue weighted by Crippen LogP contribution is -2.06. The molecule has 0 saturated carbocycles. The molecule has 11 rings (SSSR count). The van der Waals surface area contributed by atoms with Crippen molar-refractivity contribution in [2.75, 3.05) is 0 Å². The number of rotatable bonds is 5. The molecule has 11 aromatic rings. The number of aryl methyl sites for hydroxylation is 1. The van der Waals surface area contributed by atoms with Crippen molar-refractivity contribution in [2.24, 2.45) is 0 Å². The van der Waals surface area contributed by atoms with Crippen LogP contribution in [-0.2, 0) is 0 Å². The fourth-order valence-corrected chi connectivity index (χ4v) is 8.31. The van der Waals surface area contributed by atoms with E-state index in [0.29, 0.717) is 17.6 Å². The lowest BCUT2D eigenvalue weighted by molar-refractivity contribution is 0.954. The molecule has 0 unspecified atom stereocenters. The van der Waals surface area contributed by atoms with Crippen molar-refractivity contribution in [3.05, 3.63) is 194 Å². The quantitative estimate of drug-likeness (QED) is 0.167. The van der Waals surface area contributed by atoms with Crippen molar-refractivity contribution in [1.82, 2.24) is 19.5 Å². The molecular weight excluding hydrogens is 681 g/mol. The van der Waals surface area contributed by atoms with Crippen LogP contribution in [0, 0.1) is 6.92 Å². The Morgan fingerprint density at radius 2 is 0.750 bits per heavy atom. The summed E-state index contributed by atoms with van der Waals surface area (Å²) in [4.78, 5) is 15.5. The van der Waals surface area contributed by atoms with E-state index in [-0.39, 0.29) is 0 Å².